The first kappa shape index (κ1) is 20.3. The lowest BCUT2D eigenvalue weighted by atomic mass is 10.1. The summed E-state index contributed by atoms with van der Waals surface area (Å²) in [5.74, 6) is 1.44. The average Bonchev–Trinajstić information content (AvgIpc) is 2.70. The van der Waals surface area contributed by atoms with E-state index in [1.165, 1.54) is 0 Å². The van der Waals surface area contributed by atoms with Crippen LogP contribution in [0.1, 0.15) is 24.9 Å². The summed E-state index contributed by atoms with van der Waals surface area (Å²) in [6.45, 7) is 7.18. The predicted octanol–water partition coefficient (Wildman–Crippen LogP) is 2.13. The van der Waals surface area contributed by atoms with Crippen molar-refractivity contribution >= 4 is 6.03 Å². The Morgan fingerprint density at radius 1 is 1.31 bits per heavy atom. The van der Waals surface area contributed by atoms with Crippen LogP contribution < -0.4 is 14.8 Å². The molecule has 1 aliphatic heterocycles. The van der Waals surface area contributed by atoms with Crippen molar-refractivity contribution in [2.24, 2.45) is 0 Å². The normalized spacial score (nSPS) is 16.0. The molecule has 1 fully saturated rings. The smallest absolute Gasteiger partial charge is 0.317 e. The molecule has 1 aromatic carbocycles. The summed E-state index contributed by atoms with van der Waals surface area (Å²) in [6, 6.07) is 5.44. The van der Waals surface area contributed by atoms with Crippen molar-refractivity contribution in [1.29, 1.82) is 0 Å². The number of hydrogen-bond donors (Lipinski definition) is 1. The van der Waals surface area contributed by atoms with E-state index in [-0.39, 0.29) is 12.1 Å². The summed E-state index contributed by atoms with van der Waals surface area (Å²) < 4.78 is 16.0. The lowest BCUT2D eigenvalue weighted by Crippen LogP contribution is -2.41. The van der Waals surface area contributed by atoms with Crippen molar-refractivity contribution in [2.75, 3.05) is 60.7 Å². The van der Waals surface area contributed by atoms with Crippen LogP contribution in [-0.2, 0) is 4.74 Å². The molecule has 0 spiro atoms. The van der Waals surface area contributed by atoms with Gasteiger partial charge in [-0.1, -0.05) is 0 Å². The summed E-state index contributed by atoms with van der Waals surface area (Å²) in [6.07, 6.45) is 0.930. The number of ether oxygens (including phenoxy) is 3. The fourth-order valence-corrected chi connectivity index (χ4v) is 3.00. The Labute approximate surface area is 156 Å². The summed E-state index contributed by atoms with van der Waals surface area (Å²) in [4.78, 5) is 16.5. The molecule has 1 N–H and O–H groups in total. The van der Waals surface area contributed by atoms with Crippen LogP contribution in [0.5, 0.6) is 11.5 Å². The first-order chi connectivity index (χ1) is 12.6. The number of benzene rings is 1. The first-order valence-corrected chi connectivity index (χ1v) is 9.09. The summed E-state index contributed by atoms with van der Waals surface area (Å²) in [5.41, 5.74) is 0.944. The topological polar surface area (TPSA) is 63.3 Å². The van der Waals surface area contributed by atoms with Crippen LogP contribution in [0.3, 0.4) is 0 Å². The van der Waals surface area contributed by atoms with Gasteiger partial charge >= 0.3 is 6.03 Å². The largest absolute Gasteiger partial charge is 0.497 e. The molecule has 0 radical (unpaired) electrons. The van der Waals surface area contributed by atoms with E-state index in [4.69, 9.17) is 14.2 Å². The van der Waals surface area contributed by atoms with E-state index in [1.54, 1.807) is 26.2 Å². The lowest BCUT2D eigenvalue weighted by Gasteiger charge is -2.28. The fourth-order valence-electron chi connectivity index (χ4n) is 3.00. The van der Waals surface area contributed by atoms with E-state index in [9.17, 15) is 4.79 Å². The number of carbonyl (C=O) groups is 1. The number of rotatable bonds is 8. The van der Waals surface area contributed by atoms with Gasteiger partial charge in [-0.15, -0.1) is 0 Å². The van der Waals surface area contributed by atoms with Gasteiger partial charge in [0.05, 0.1) is 33.5 Å². The number of nitrogens with zero attached hydrogens (tertiary/aromatic N) is 2. The molecule has 26 heavy (non-hydrogen) atoms. The van der Waals surface area contributed by atoms with Crippen molar-refractivity contribution in [3.63, 3.8) is 0 Å². The van der Waals surface area contributed by atoms with Gasteiger partial charge in [-0.3, -0.25) is 4.90 Å². The minimum absolute atomic E-state index is 0.0858. The predicted molar refractivity (Wildman–Crippen MR) is 101 cm³/mol. The Hall–Kier alpha value is -1.99. The van der Waals surface area contributed by atoms with Gasteiger partial charge in [-0.05, 0) is 32.0 Å². The van der Waals surface area contributed by atoms with Crippen LogP contribution in [-0.4, -0.2) is 76.5 Å². The van der Waals surface area contributed by atoms with Crippen molar-refractivity contribution in [3.05, 3.63) is 23.8 Å². The second-order valence-electron chi connectivity index (χ2n) is 6.43. The average molecular weight is 365 g/mol. The monoisotopic (exact) mass is 365 g/mol. The molecular formula is C19H31N3O4. The van der Waals surface area contributed by atoms with Crippen LogP contribution in [0.25, 0.3) is 0 Å². The van der Waals surface area contributed by atoms with Gasteiger partial charge in [0.25, 0.3) is 0 Å². The minimum atomic E-state index is -0.116. The third-order valence-corrected chi connectivity index (χ3v) is 4.82. The van der Waals surface area contributed by atoms with Crippen LogP contribution in [0.4, 0.5) is 4.79 Å². The second kappa shape index (κ2) is 10.2. The van der Waals surface area contributed by atoms with Crippen LogP contribution >= 0.6 is 0 Å². The number of amides is 2. The molecule has 1 atom stereocenters. The van der Waals surface area contributed by atoms with Gasteiger partial charge in [0.1, 0.15) is 11.5 Å². The summed E-state index contributed by atoms with van der Waals surface area (Å²) in [5, 5.41) is 3.00. The molecule has 0 unspecified atom stereocenters. The van der Waals surface area contributed by atoms with Crippen molar-refractivity contribution in [1.82, 2.24) is 15.1 Å². The van der Waals surface area contributed by atoms with Crippen LogP contribution in [0, 0.1) is 0 Å². The molecule has 146 valence electrons. The molecule has 0 bridgehead atoms. The molecule has 7 heteroatoms. The van der Waals surface area contributed by atoms with Gasteiger partial charge in [-0.25, -0.2) is 4.79 Å². The van der Waals surface area contributed by atoms with Crippen molar-refractivity contribution in [3.8, 4) is 11.5 Å². The quantitative estimate of drug-likeness (QED) is 0.715. The Morgan fingerprint density at radius 2 is 2.04 bits per heavy atom. The zero-order valence-corrected chi connectivity index (χ0v) is 16.3. The molecule has 2 rings (SSSR count). The van der Waals surface area contributed by atoms with E-state index in [1.807, 2.05) is 25.1 Å². The highest BCUT2D eigenvalue weighted by Gasteiger charge is 2.20. The maximum atomic E-state index is 12.4. The highest BCUT2D eigenvalue weighted by molar-refractivity contribution is 5.74. The SMILES string of the molecule is COc1ccc([C@@H](C)N(C)C(=O)NCCCN2CCOCC2)c(OC)c1. The minimum Gasteiger partial charge on any atom is -0.497 e. The maximum absolute atomic E-state index is 12.4. The molecule has 7 nitrogen and oxygen atoms in total. The molecule has 0 saturated carbocycles. The summed E-state index contributed by atoms with van der Waals surface area (Å²) in [7, 11) is 5.04. The van der Waals surface area contributed by atoms with E-state index in [2.05, 4.69) is 10.2 Å². The molecule has 1 saturated heterocycles. The number of carbonyl (C=O) groups excluding carboxylic acids is 1. The van der Waals surface area contributed by atoms with E-state index in [0.717, 1.165) is 50.6 Å². The zero-order chi connectivity index (χ0) is 18.9. The third-order valence-electron chi connectivity index (χ3n) is 4.82. The zero-order valence-electron chi connectivity index (χ0n) is 16.3. The number of hydrogen-bond acceptors (Lipinski definition) is 5. The molecule has 1 aliphatic rings. The van der Waals surface area contributed by atoms with Gasteiger partial charge in [0.15, 0.2) is 0 Å². The van der Waals surface area contributed by atoms with Gasteiger partial charge in [-0.2, -0.15) is 0 Å². The maximum Gasteiger partial charge on any atom is 0.317 e. The molecule has 1 heterocycles. The first-order valence-electron chi connectivity index (χ1n) is 9.09. The highest BCUT2D eigenvalue weighted by atomic mass is 16.5. The Morgan fingerprint density at radius 3 is 2.69 bits per heavy atom. The Bertz CT molecular complexity index is 576. The standard InChI is InChI=1S/C19H31N3O4/c1-15(17-7-6-16(24-3)14-18(17)25-4)21(2)19(23)20-8-5-9-22-10-12-26-13-11-22/h6-7,14-15H,5,8-13H2,1-4H3,(H,20,23)/t15-/m1/s1. The Kier molecular flexibility index (Phi) is 8.00. The van der Waals surface area contributed by atoms with E-state index >= 15 is 0 Å². The van der Waals surface area contributed by atoms with Gasteiger partial charge in [0, 0.05) is 38.3 Å². The van der Waals surface area contributed by atoms with Crippen LogP contribution in [0.2, 0.25) is 0 Å². The van der Waals surface area contributed by atoms with Gasteiger partial charge < -0.3 is 24.4 Å². The van der Waals surface area contributed by atoms with E-state index < -0.39 is 0 Å². The number of nitrogens with one attached hydrogen (secondary N) is 1. The fraction of sp³-hybridized carbons (Fsp3) is 0.632. The highest BCUT2D eigenvalue weighted by Crippen LogP contribution is 2.31. The lowest BCUT2D eigenvalue weighted by molar-refractivity contribution is 0.0375. The van der Waals surface area contributed by atoms with Crippen molar-refractivity contribution < 1.29 is 19.0 Å². The molecular weight excluding hydrogens is 334 g/mol. The van der Waals surface area contributed by atoms with Gasteiger partial charge in [0.2, 0.25) is 0 Å². The van der Waals surface area contributed by atoms with Crippen LogP contribution in [0.15, 0.2) is 18.2 Å². The molecule has 2 amide bonds. The molecule has 1 aromatic rings. The molecule has 0 aromatic heterocycles. The number of urea groups is 1. The second-order valence-corrected chi connectivity index (χ2v) is 6.43. The number of methoxy groups -OCH3 is 2. The van der Waals surface area contributed by atoms with Crippen molar-refractivity contribution in [2.45, 2.75) is 19.4 Å². The third kappa shape index (κ3) is 5.51. The van der Waals surface area contributed by atoms with E-state index in [0.29, 0.717) is 12.3 Å². The molecule has 0 aliphatic carbocycles. The Balaban J connectivity index is 1.82. The number of morpholine rings is 1. The summed E-state index contributed by atoms with van der Waals surface area (Å²) >= 11 is 0.